The number of esters is 1. The molecule has 11 heteroatoms. The Kier molecular flexibility index (Phi) is 11.4. The van der Waals surface area contributed by atoms with E-state index in [-0.39, 0.29) is 12.5 Å². The number of fused-ring (bicyclic) bond motifs is 1. The number of hydrogen-bond donors (Lipinski definition) is 2. The van der Waals surface area contributed by atoms with E-state index in [1.807, 2.05) is 81.6 Å². The predicted molar refractivity (Wildman–Crippen MR) is 182 cm³/mol. The van der Waals surface area contributed by atoms with Crippen molar-refractivity contribution in [1.82, 2.24) is 15.2 Å². The fraction of sp³-hybridized carbons (Fsp3) is 0.303. The zero-order valence-electron chi connectivity index (χ0n) is 25.5. The van der Waals surface area contributed by atoms with Crippen molar-refractivity contribution in [1.29, 1.82) is 0 Å². The summed E-state index contributed by atoms with van der Waals surface area (Å²) in [4.78, 5) is 33.7. The Morgan fingerprint density at radius 3 is 2.36 bits per heavy atom. The standard InChI is InChI=1S/C33H37Cl2N5O3S/c1-33(2,3)43-31(41)21-40(44-25-18-23(34)17-24(35)19-25)29-11-7-8-26-27(29)9-6-10-28(26)32(42)38-20-22-12-13-36-30(16-22)37-14-15-39(4)5/h6-13,16-19H,14-15,20-21H2,1-5H3,(H,36,37)(H,38,42). The summed E-state index contributed by atoms with van der Waals surface area (Å²) in [7, 11) is 4.04. The van der Waals surface area contributed by atoms with Crippen LogP contribution in [0.1, 0.15) is 36.7 Å². The highest BCUT2D eigenvalue weighted by Gasteiger charge is 2.23. The van der Waals surface area contributed by atoms with Crippen LogP contribution >= 0.6 is 35.1 Å². The first-order valence-corrected chi connectivity index (χ1v) is 15.7. The van der Waals surface area contributed by atoms with E-state index in [9.17, 15) is 9.59 Å². The molecular formula is C33H37Cl2N5O3S. The molecule has 0 bridgehead atoms. The number of amides is 1. The Morgan fingerprint density at radius 2 is 1.66 bits per heavy atom. The number of benzene rings is 3. The predicted octanol–water partition coefficient (Wildman–Crippen LogP) is 7.30. The lowest BCUT2D eigenvalue weighted by Crippen LogP contribution is -2.31. The van der Waals surface area contributed by atoms with Gasteiger partial charge in [0.1, 0.15) is 18.0 Å². The number of aromatic nitrogens is 1. The minimum atomic E-state index is -0.644. The molecule has 44 heavy (non-hydrogen) atoms. The first-order valence-electron chi connectivity index (χ1n) is 14.1. The molecule has 1 heterocycles. The number of halogens is 2. The van der Waals surface area contributed by atoms with Gasteiger partial charge in [-0.25, -0.2) is 4.98 Å². The minimum absolute atomic E-state index is 0.0471. The van der Waals surface area contributed by atoms with Crippen LogP contribution in [0, 0.1) is 0 Å². The van der Waals surface area contributed by atoms with Crippen LogP contribution in [0.4, 0.5) is 11.5 Å². The van der Waals surface area contributed by atoms with E-state index in [0.717, 1.165) is 45.8 Å². The highest BCUT2D eigenvalue weighted by atomic mass is 35.5. The largest absolute Gasteiger partial charge is 0.459 e. The van der Waals surface area contributed by atoms with Gasteiger partial charge in [0.15, 0.2) is 0 Å². The Bertz CT molecular complexity index is 1610. The van der Waals surface area contributed by atoms with E-state index in [2.05, 4.69) is 20.5 Å². The number of nitrogens with zero attached hydrogens (tertiary/aromatic N) is 3. The molecule has 0 radical (unpaired) electrons. The van der Waals surface area contributed by atoms with Crippen LogP contribution in [-0.4, -0.2) is 61.1 Å². The molecule has 3 aromatic carbocycles. The summed E-state index contributed by atoms with van der Waals surface area (Å²) in [5.41, 5.74) is 1.55. The molecule has 1 amide bonds. The van der Waals surface area contributed by atoms with Gasteiger partial charge in [0, 0.05) is 51.7 Å². The first-order chi connectivity index (χ1) is 20.9. The van der Waals surface area contributed by atoms with E-state index >= 15 is 0 Å². The topological polar surface area (TPSA) is 86.8 Å². The SMILES string of the molecule is CN(C)CCNc1cc(CNC(=O)c2cccc3c(N(CC(=O)OC(C)(C)C)Sc4cc(Cl)cc(Cl)c4)cccc23)ccn1. The van der Waals surface area contributed by atoms with Crippen LogP contribution in [0.25, 0.3) is 10.8 Å². The van der Waals surface area contributed by atoms with E-state index in [4.69, 9.17) is 27.9 Å². The lowest BCUT2D eigenvalue weighted by atomic mass is 10.0. The van der Waals surface area contributed by atoms with Crippen molar-refractivity contribution in [3.63, 3.8) is 0 Å². The molecule has 0 aliphatic rings. The van der Waals surface area contributed by atoms with Crippen molar-refractivity contribution in [2.45, 2.75) is 37.8 Å². The lowest BCUT2D eigenvalue weighted by Gasteiger charge is -2.27. The second-order valence-electron chi connectivity index (χ2n) is 11.5. The highest BCUT2D eigenvalue weighted by Crippen LogP contribution is 2.37. The van der Waals surface area contributed by atoms with Crippen molar-refractivity contribution in [3.8, 4) is 0 Å². The van der Waals surface area contributed by atoms with E-state index in [1.54, 1.807) is 30.5 Å². The summed E-state index contributed by atoms with van der Waals surface area (Å²) < 4.78 is 7.48. The molecule has 0 atom stereocenters. The number of nitrogens with one attached hydrogen (secondary N) is 2. The Balaban J connectivity index is 1.59. The van der Waals surface area contributed by atoms with Gasteiger partial charge >= 0.3 is 5.97 Å². The molecule has 2 N–H and O–H groups in total. The van der Waals surface area contributed by atoms with E-state index in [0.29, 0.717) is 22.2 Å². The van der Waals surface area contributed by atoms with Gasteiger partial charge in [-0.2, -0.15) is 0 Å². The fourth-order valence-electron chi connectivity index (χ4n) is 4.44. The third kappa shape index (κ3) is 9.75. The minimum Gasteiger partial charge on any atom is -0.459 e. The molecule has 4 aromatic rings. The molecule has 8 nitrogen and oxygen atoms in total. The molecule has 232 valence electrons. The molecule has 0 fully saturated rings. The quantitative estimate of drug-likeness (QED) is 0.122. The highest BCUT2D eigenvalue weighted by molar-refractivity contribution is 8.00. The second-order valence-corrected chi connectivity index (χ2v) is 13.4. The summed E-state index contributed by atoms with van der Waals surface area (Å²) in [6, 6.07) is 20.3. The maximum atomic E-state index is 13.5. The first kappa shape index (κ1) is 33.4. The zero-order chi connectivity index (χ0) is 31.9. The summed E-state index contributed by atoms with van der Waals surface area (Å²) in [6.07, 6.45) is 1.73. The smallest absolute Gasteiger partial charge is 0.327 e. The molecule has 0 aliphatic heterocycles. The molecule has 1 aromatic heterocycles. The summed E-state index contributed by atoms with van der Waals surface area (Å²) in [5.74, 6) is 0.161. The second kappa shape index (κ2) is 15.0. The van der Waals surface area contributed by atoms with Crippen molar-refractivity contribution >= 4 is 69.3 Å². The Morgan fingerprint density at radius 1 is 0.955 bits per heavy atom. The molecule has 0 aliphatic carbocycles. The number of carbonyl (C=O) groups excluding carboxylic acids is 2. The molecular weight excluding hydrogens is 617 g/mol. The van der Waals surface area contributed by atoms with Gasteiger partial charge in [0.05, 0.1) is 5.69 Å². The third-order valence-electron chi connectivity index (χ3n) is 6.30. The van der Waals surface area contributed by atoms with Crippen molar-refractivity contribution < 1.29 is 14.3 Å². The van der Waals surface area contributed by atoms with Gasteiger partial charge in [-0.1, -0.05) is 47.5 Å². The van der Waals surface area contributed by atoms with Gasteiger partial charge in [-0.3, -0.25) is 9.59 Å². The summed E-state index contributed by atoms with van der Waals surface area (Å²) in [5, 5.41) is 8.88. The van der Waals surface area contributed by atoms with Crippen LogP contribution in [0.5, 0.6) is 0 Å². The van der Waals surface area contributed by atoms with Gasteiger partial charge < -0.3 is 24.6 Å². The average Bonchev–Trinajstić information content (AvgIpc) is 2.93. The van der Waals surface area contributed by atoms with Gasteiger partial charge in [0.25, 0.3) is 5.91 Å². The fourth-order valence-corrected chi connectivity index (χ4v) is 6.14. The van der Waals surface area contributed by atoms with Crippen LogP contribution < -0.4 is 14.9 Å². The Hall–Kier alpha value is -3.50. The lowest BCUT2D eigenvalue weighted by molar-refractivity contribution is -0.152. The number of hydrogen-bond acceptors (Lipinski definition) is 8. The molecule has 0 spiro atoms. The number of likely N-dealkylation sites (N-methyl/N-ethyl adjacent to an activating group) is 1. The van der Waals surface area contributed by atoms with Crippen LogP contribution in [0.2, 0.25) is 10.0 Å². The average molecular weight is 655 g/mol. The number of pyridine rings is 1. The summed E-state index contributed by atoms with van der Waals surface area (Å²) >= 11 is 13.9. The zero-order valence-corrected chi connectivity index (χ0v) is 27.8. The van der Waals surface area contributed by atoms with E-state index in [1.165, 1.54) is 11.9 Å². The molecule has 0 saturated heterocycles. The van der Waals surface area contributed by atoms with Crippen molar-refractivity contribution in [2.24, 2.45) is 0 Å². The van der Waals surface area contributed by atoms with Gasteiger partial charge in [0.2, 0.25) is 0 Å². The molecule has 4 rings (SSSR count). The molecule has 0 saturated carbocycles. The maximum Gasteiger partial charge on any atom is 0.327 e. The van der Waals surface area contributed by atoms with Gasteiger partial charge in [-0.05, 0) is 100 Å². The number of anilines is 2. The van der Waals surface area contributed by atoms with Gasteiger partial charge in [-0.15, -0.1) is 0 Å². The Labute approximate surface area is 273 Å². The summed E-state index contributed by atoms with van der Waals surface area (Å²) in [6.45, 7) is 7.43. The van der Waals surface area contributed by atoms with Crippen LogP contribution in [-0.2, 0) is 16.1 Å². The maximum absolute atomic E-state index is 13.5. The number of ether oxygens (including phenoxy) is 1. The van der Waals surface area contributed by atoms with Crippen LogP contribution in [0.3, 0.4) is 0 Å². The molecule has 0 unspecified atom stereocenters. The van der Waals surface area contributed by atoms with Crippen molar-refractivity contribution in [2.75, 3.05) is 43.4 Å². The van der Waals surface area contributed by atoms with Crippen molar-refractivity contribution in [3.05, 3.63) is 94.1 Å². The normalized spacial score (nSPS) is 11.5. The number of carbonyl (C=O) groups is 2. The van der Waals surface area contributed by atoms with E-state index < -0.39 is 11.6 Å². The third-order valence-corrected chi connectivity index (χ3v) is 7.73. The monoisotopic (exact) mass is 653 g/mol. The van der Waals surface area contributed by atoms with Crippen LogP contribution in [0.15, 0.2) is 77.8 Å². The number of rotatable bonds is 12.